The van der Waals surface area contributed by atoms with Crippen molar-refractivity contribution in [2.75, 3.05) is 12.4 Å². The van der Waals surface area contributed by atoms with E-state index in [1.165, 1.54) is 6.08 Å². The molecule has 0 rings (SSSR count). The van der Waals surface area contributed by atoms with Gasteiger partial charge in [0.25, 0.3) is 10.1 Å². The van der Waals surface area contributed by atoms with E-state index in [9.17, 15) is 18.0 Å². The van der Waals surface area contributed by atoms with Crippen molar-refractivity contribution < 1.29 is 32.4 Å². The predicted molar refractivity (Wildman–Crippen MR) is 62.5 cm³/mol. The van der Waals surface area contributed by atoms with Crippen molar-refractivity contribution in [2.24, 2.45) is 0 Å². The first-order chi connectivity index (χ1) is 8.26. The van der Waals surface area contributed by atoms with E-state index in [2.05, 4.69) is 11.3 Å². The van der Waals surface area contributed by atoms with Gasteiger partial charge in [0.1, 0.15) is 6.61 Å². The van der Waals surface area contributed by atoms with Gasteiger partial charge in [0.05, 0.1) is 5.75 Å². The minimum absolute atomic E-state index is 0.0753. The molecule has 8 heteroatoms. The van der Waals surface area contributed by atoms with Crippen LogP contribution in [0.15, 0.2) is 24.3 Å². The van der Waals surface area contributed by atoms with Gasteiger partial charge in [-0.15, -0.1) is 0 Å². The summed E-state index contributed by atoms with van der Waals surface area (Å²) in [4.78, 5) is 21.9. The molecule has 0 aromatic rings. The Morgan fingerprint density at radius 1 is 1.33 bits per heavy atom. The topological polar surface area (TPSA) is 118 Å². The van der Waals surface area contributed by atoms with Gasteiger partial charge in [0, 0.05) is 11.6 Å². The van der Waals surface area contributed by atoms with E-state index in [1.807, 2.05) is 0 Å². The second-order valence-corrected chi connectivity index (χ2v) is 4.86. The Hall–Kier alpha value is -1.67. The van der Waals surface area contributed by atoms with Crippen LogP contribution in [0.1, 0.15) is 12.8 Å². The highest BCUT2D eigenvalue weighted by molar-refractivity contribution is 7.85. The molecule has 0 aliphatic heterocycles. The van der Waals surface area contributed by atoms with Crippen molar-refractivity contribution in [2.45, 2.75) is 12.8 Å². The first-order valence-electron chi connectivity index (χ1n) is 4.93. The average Bonchev–Trinajstić information content (AvgIpc) is 2.22. The number of carbonyl (C=O) groups is 2. The van der Waals surface area contributed by atoms with Crippen LogP contribution in [0.4, 0.5) is 0 Å². The summed E-state index contributed by atoms with van der Waals surface area (Å²) in [6.45, 7) is 3.25. The molecule has 0 fully saturated rings. The van der Waals surface area contributed by atoms with E-state index in [0.717, 1.165) is 0 Å². The maximum absolute atomic E-state index is 11.4. The fraction of sp³-hybridized carbons (Fsp3) is 0.400. The first kappa shape index (κ1) is 16.3. The number of hydrogen-bond donors (Lipinski definition) is 2. The zero-order chi connectivity index (χ0) is 14.2. The van der Waals surface area contributed by atoms with Crippen LogP contribution in [-0.4, -0.2) is 42.4 Å². The largest absolute Gasteiger partial charge is 0.478 e. The van der Waals surface area contributed by atoms with Gasteiger partial charge in [0.2, 0.25) is 0 Å². The zero-order valence-corrected chi connectivity index (χ0v) is 10.4. The maximum atomic E-state index is 11.4. The summed E-state index contributed by atoms with van der Waals surface area (Å²) in [6.07, 6.45) is 1.76. The van der Waals surface area contributed by atoms with Gasteiger partial charge in [-0.05, 0) is 12.8 Å². The Morgan fingerprint density at radius 2 is 1.94 bits per heavy atom. The molecule has 0 radical (unpaired) electrons. The quantitative estimate of drug-likeness (QED) is 0.285. The van der Waals surface area contributed by atoms with Crippen molar-refractivity contribution in [3.8, 4) is 0 Å². The fourth-order valence-electron chi connectivity index (χ4n) is 1.05. The van der Waals surface area contributed by atoms with Crippen LogP contribution in [0.2, 0.25) is 0 Å². The molecule has 0 amide bonds. The molecular weight excluding hydrogens is 264 g/mol. The monoisotopic (exact) mass is 278 g/mol. The van der Waals surface area contributed by atoms with Crippen LogP contribution < -0.4 is 0 Å². The third-order valence-corrected chi connectivity index (χ3v) is 2.55. The van der Waals surface area contributed by atoms with Crippen molar-refractivity contribution in [3.05, 3.63) is 24.3 Å². The number of carbonyl (C=O) groups excluding carboxylic acids is 1. The highest BCUT2D eigenvalue weighted by Gasteiger charge is 2.14. The molecule has 0 saturated carbocycles. The summed E-state index contributed by atoms with van der Waals surface area (Å²) in [5.41, 5.74) is -0.173. The Kier molecular flexibility index (Phi) is 6.91. The van der Waals surface area contributed by atoms with Crippen LogP contribution in [0, 0.1) is 0 Å². The lowest BCUT2D eigenvalue weighted by Crippen LogP contribution is -2.12. The van der Waals surface area contributed by atoms with Gasteiger partial charge in [-0.1, -0.05) is 12.7 Å². The highest BCUT2D eigenvalue weighted by Crippen LogP contribution is 2.09. The minimum Gasteiger partial charge on any atom is -0.478 e. The number of ether oxygens (including phenoxy) is 1. The minimum atomic E-state index is -4.13. The molecule has 0 heterocycles. The van der Waals surface area contributed by atoms with Gasteiger partial charge in [0.15, 0.2) is 0 Å². The van der Waals surface area contributed by atoms with Crippen LogP contribution in [0.25, 0.3) is 0 Å². The second-order valence-electron chi connectivity index (χ2n) is 3.28. The summed E-state index contributed by atoms with van der Waals surface area (Å²) in [5, 5.41) is 8.55. The number of rotatable bonds is 8. The van der Waals surface area contributed by atoms with Crippen LogP contribution in [-0.2, 0) is 24.4 Å². The number of carboxylic acids is 1. The summed E-state index contributed by atoms with van der Waals surface area (Å²) in [7, 11) is -4.13. The normalized spacial score (nSPS) is 11.9. The van der Waals surface area contributed by atoms with E-state index in [0.29, 0.717) is 6.08 Å². The number of aliphatic carboxylic acids is 1. The molecule has 0 spiro atoms. The molecule has 0 bridgehead atoms. The predicted octanol–water partition coefficient (Wildman–Crippen LogP) is 0.395. The Morgan fingerprint density at radius 3 is 2.39 bits per heavy atom. The molecule has 0 atom stereocenters. The molecule has 18 heavy (non-hydrogen) atoms. The smallest absolute Gasteiger partial charge is 0.334 e. The summed E-state index contributed by atoms with van der Waals surface area (Å²) in [5.74, 6) is -2.75. The number of carboxylic acid groups (broad SMARTS) is 1. The lowest BCUT2D eigenvalue weighted by atomic mass is 10.1. The van der Waals surface area contributed by atoms with Gasteiger partial charge in [-0.3, -0.25) is 4.55 Å². The first-order valence-corrected chi connectivity index (χ1v) is 6.54. The van der Waals surface area contributed by atoms with Gasteiger partial charge in [-0.25, -0.2) is 9.59 Å². The molecular formula is C10H14O7S. The lowest BCUT2D eigenvalue weighted by molar-refractivity contribution is -0.139. The Labute approximate surface area is 105 Å². The summed E-state index contributed by atoms with van der Waals surface area (Å²) in [6, 6.07) is 0. The van der Waals surface area contributed by atoms with E-state index in [-0.39, 0.29) is 25.0 Å². The van der Waals surface area contributed by atoms with Crippen LogP contribution >= 0.6 is 0 Å². The fourth-order valence-corrected chi connectivity index (χ4v) is 1.56. The van der Waals surface area contributed by atoms with E-state index in [4.69, 9.17) is 9.66 Å². The molecule has 0 aliphatic rings. The van der Waals surface area contributed by atoms with Gasteiger partial charge < -0.3 is 9.84 Å². The zero-order valence-electron chi connectivity index (χ0n) is 9.53. The standard InChI is InChI=1S/C10H14O7S/c1-2-5-17-10(13)8(7-9(11)12)4-3-6-18(14,15)16/h2,7H,1,3-6H2,(H,11,12)(H,14,15,16). The molecule has 0 aliphatic carbocycles. The molecule has 7 nitrogen and oxygen atoms in total. The van der Waals surface area contributed by atoms with E-state index >= 15 is 0 Å². The Bertz CT molecular complexity index is 447. The van der Waals surface area contributed by atoms with E-state index < -0.39 is 27.8 Å². The van der Waals surface area contributed by atoms with Crippen molar-refractivity contribution in [1.82, 2.24) is 0 Å². The summed E-state index contributed by atoms with van der Waals surface area (Å²) >= 11 is 0. The third-order valence-electron chi connectivity index (χ3n) is 1.74. The average molecular weight is 278 g/mol. The van der Waals surface area contributed by atoms with Crippen molar-refractivity contribution in [1.29, 1.82) is 0 Å². The molecule has 0 aromatic carbocycles. The number of hydrogen-bond acceptors (Lipinski definition) is 5. The van der Waals surface area contributed by atoms with Crippen LogP contribution in [0.5, 0.6) is 0 Å². The van der Waals surface area contributed by atoms with Crippen molar-refractivity contribution in [3.63, 3.8) is 0 Å². The van der Waals surface area contributed by atoms with Gasteiger partial charge >= 0.3 is 11.9 Å². The molecule has 0 unspecified atom stereocenters. The highest BCUT2D eigenvalue weighted by atomic mass is 32.2. The lowest BCUT2D eigenvalue weighted by Gasteiger charge is -2.05. The van der Waals surface area contributed by atoms with Crippen molar-refractivity contribution >= 4 is 22.1 Å². The maximum Gasteiger partial charge on any atom is 0.334 e. The van der Waals surface area contributed by atoms with Gasteiger partial charge in [-0.2, -0.15) is 8.42 Å². The molecule has 2 N–H and O–H groups in total. The summed E-state index contributed by atoms with van der Waals surface area (Å²) < 4.78 is 34.1. The Balaban J connectivity index is 4.56. The SMILES string of the molecule is C=CCOC(=O)C(=CC(=O)O)CCCS(=O)(=O)O. The van der Waals surface area contributed by atoms with E-state index in [1.54, 1.807) is 0 Å². The molecule has 0 saturated heterocycles. The molecule has 0 aromatic heterocycles. The molecule has 102 valence electrons. The third kappa shape index (κ3) is 8.48. The van der Waals surface area contributed by atoms with Crippen LogP contribution in [0.3, 0.4) is 0 Å². The second kappa shape index (κ2) is 7.62. The number of esters is 1.